The summed E-state index contributed by atoms with van der Waals surface area (Å²) < 4.78 is 10.2. The highest BCUT2D eigenvalue weighted by atomic mass is 32.1. The number of aliphatic carboxylic acids is 2. The Bertz CT molecular complexity index is 882. The lowest BCUT2D eigenvalue weighted by atomic mass is 10.1. The average molecular weight is 500 g/mol. The molecule has 2 amide bonds. The Balaban J connectivity index is 2.60. The zero-order valence-electron chi connectivity index (χ0n) is 18.7. The van der Waals surface area contributed by atoms with E-state index in [-0.39, 0.29) is 42.4 Å². The van der Waals surface area contributed by atoms with Gasteiger partial charge in [-0.3, -0.25) is 19.2 Å². The van der Waals surface area contributed by atoms with Gasteiger partial charge in [-0.1, -0.05) is 12.2 Å². The molecule has 34 heavy (non-hydrogen) atoms. The van der Waals surface area contributed by atoms with E-state index in [0.717, 1.165) is 0 Å². The molecule has 0 aliphatic carbocycles. The van der Waals surface area contributed by atoms with Gasteiger partial charge in [-0.25, -0.2) is 0 Å². The molecule has 0 aliphatic heterocycles. The third-order valence-corrected chi connectivity index (χ3v) is 4.87. The fraction of sp³-hybridized carbons (Fsp3) is 0.429. The van der Waals surface area contributed by atoms with Crippen molar-refractivity contribution in [3.8, 4) is 17.2 Å². The first-order valence-corrected chi connectivity index (χ1v) is 10.7. The van der Waals surface area contributed by atoms with Gasteiger partial charge in [-0.05, 0) is 24.1 Å². The first-order valence-electron chi connectivity index (χ1n) is 10.1. The van der Waals surface area contributed by atoms with Gasteiger partial charge in [0.25, 0.3) is 0 Å². The summed E-state index contributed by atoms with van der Waals surface area (Å²) in [5.74, 6) is -3.42. The Morgan fingerprint density at radius 3 is 2.21 bits per heavy atom. The number of nitrogens with one attached hydrogen (secondary N) is 3. The van der Waals surface area contributed by atoms with Crippen LogP contribution >= 0.6 is 12.6 Å². The molecule has 2 atom stereocenters. The number of phenolic OH excluding ortho intramolecular Hbond substituents is 1. The number of benzene rings is 1. The van der Waals surface area contributed by atoms with Crippen LogP contribution in [0, 0.1) is 0 Å². The van der Waals surface area contributed by atoms with Crippen LogP contribution in [0.15, 0.2) is 18.2 Å². The van der Waals surface area contributed by atoms with E-state index in [1.54, 1.807) is 24.3 Å². The van der Waals surface area contributed by atoms with Crippen molar-refractivity contribution in [3.05, 3.63) is 23.8 Å². The summed E-state index contributed by atoms with van der Waals surface area (Å²) in [7, 11) is 2.80. The summed E-state index contributed by atoms with van der Waals surface area (Å²) in [5, 5.41) is 35.3. The van der Waals surface area contributed by atoms with Gasteiger partial charge in [-0.2, -0.15) is 12.6 Å². The number of rotatable bonds is 15. The molecular weight excluding hydrogens is 470 g/mol. The van der Waals surface area contributed by atoms with Gasteiger partial charge in [0.15, 0.2) is 11.5 Å². The van der Waals surface area contributed by atoms with Gasteiger partial charge in [-0.15, -0.1) is 0 Å². The van der Waals surface area contributed by atoms with Crippen LogP contribution in [0.5, 0.6) is 17.2 Å². The standard InChI is InChI=1S/C21H29N3O9S/c1-32-15-8-12(9-16(33-2)19(15)28)4-3-7-22-13(21(30)31)5-6-17(25)24-14(11-34)20(29)23-10-18(26)27/h3-4,8-9,13-14,22,28,34H,5-7,10-11H2,1-2H3,(H,23,29)(H,24,25)(H,26,27)(H,30,31)/b4-3+/t13-,14-/m0/s1. The lowest BCUT2D eigenvalue weighted by Gasteiger charge is -2.17. The van der Waals surface area contributed by atoms with E-state index >= 15 is 0 Å². The normalized spacial score (nSPS) is 12.6. The first-order chi connectivity index (χ1) is 16.1. The average Bonchev–Trinajstić information content (AvgIpc) is 2.80. The Morgan fingerprint density at radius 1 is 1.09 bits per heavy atom. The minimum atomic E-state index is -1.23. The predicted molar refractivity (Wildman–Crippen MR) is 125 cm³/mol. The van der Waals surface area contributed by atoms with Crippen molar-refractivity contribution in [2.75, 3.05) is 33.1 Å². The van der Waals surface area contributed by atoms with Crippen LogP contribution in [0.2, 0.25) is 0 Å². The second kappa shape index (κ2) is 14.6. The van der Waals surface area contributed by atoms with E-state index < -0.39 is 42.4 Å². The molecule has 0 fully saturated rings. The van der Waals surface area contributed by atoms with E-state index in [9.17, 15) is 29.4 Å². The number of carboxylic acid groups (broad SMARTS) is 2. The molecule has 0 heterocycles. The predicted octanol–water partition coefficient (Wildman–Crippen LogP) is -0.139. The third kappa shape index (κ3) is 9.58. The maximum Gasteiger partial charge on any atom is 0.322 e. The van der Waals surface area contributed by atoms with E-state index in [1.807, 2.05) is 0 Å². The van der Waals surface area contributed by atoms with Crippen LogP contribution < -0.4 is 25.4 Å². The number of hydrogen-bond acceptors (Lipinski definition) is 9. The third-order valence-electron chi connectivity index (χ3n) is 4.50. The number of carbonyl (C=O) groups is 4. The van der Waals surface area contributed by atoms with Gasteiger partial charge >= 0.3 is 11.9 Å². The topological polar surface area (TPSA) is 184 Å². The number of methoxy groups -OCH3 is 2. The molecule has 6 N–H and O–H groups in total. The Kier molecular flexibility index (Phi) is 12.3. The molecule has 13 heteroatoms. The highest BCUT2D eigenvalue weighted by Crippen LogP contribution is 2.37. The summed E-state index contributed by atoms with van der Waals surface area (Å²) in [5.41, 5.74) is 0.651. The monoisotopic (exact) mass is 499 g/mol. The molecule has 188 valence electrons. The van der Waals surface area contributed by atoms with Crippen molar-refractivity contribution >= 4 is 42.5 Å². The lowest BCUT2D eigenvalue weighted by Crippen LogP contribution is -2.49. The fourth-order valence-electron chi connectivity index (χ4n) is 2.75. The molecule has 1 aromatic carbocycles. The highest BCUT2D eigenvalue weighted by Gasteiger charge is 2.22. The molecule has 0 bridgehead atoms. The number of hydrogen-bond donors (Lipinski definition) is 7. The second-order valence-corrected chi connectivity index (χ2v) is 7.29. The smallest absolute Gasteiger partial charge is 0.322 e. The number of thiol groups is 1. The van der Waals surface area contributed by atoms with Crippen molar-refractivity contribution < 1.29 is 44.0 Å². The molecule has 12 nitrogen and oxygen atoms in total. The van der Waals surface area contributed by atoms with Gasteiger partial charge in [0.2, 0.25) is 17.6 Å². The summed E-state index contributed by atoms with van der Waals surface area (Å²) in [6.07, 6.45) is 3.10. The van der Waals surface area contributed by atoms with Crippen LogP contribution in [0.25, 0.3) is 6.08 Å². The Labute approximate surface area is 201 Å². The minimum absolute atomic E-state index is 0.0497. The molecule has 0 unspecified atom stereocenters. The van der Waals surface area contributed by atoms with Crippen molar-refractivity contribution in [1.29, 1.82) is 0 Å². The first kappa shape index (κ1) is 28.6. The number of carbonyl (C=O) groups excluding carboxylic acids is 2. The molecule has 1 aromatic rings. The van der Waals surface area contributed by atoms with Crippen molar-refractivity contribution in [2.24, 2.45) is 0 Å². The lowest BCUT2D eigenvalue weighted by molar-refractivity contribution is -0.140. The molecule has 0 saturated carbocycles. The number of amides is 2. The van der Waals surface area contributed by atoms with Crippen LogP contribution in [0.4, 0.5) is 0 Å². The Morgan fingerprint density at radius 2 is 1.71 bits per heavy atom. The van der Waals surface area contributed by atoms with E-state index in [0.29, 0.717) is 5.56 Å². The summed E-state index contributed by atoms with van der Waals surface area (Å²) in [6.45, 7) is -0.428. The van der Waals surface area contributed by atoms with Gasteiger partial charge < -0.3 is 40.7 Å². The molecule has 0 spiro atoms. The maximum absolute atomic E-state index is 12.1. The molecular formula is C21H29N3O9S. The van der Waals surface area contributed by atoms with Crippen LogP contribution in [-0.2, 0) is 19.2 Å². The summed E-state index contributed by atoms with van der Waals surface area (Å²) in [6, 6.07) is 1.08. The molecule has 0 saturated heterocycles. The zero-order chi connectivity index (χ0) is 25.7. The van der Waals surface area contributed by atoms with Gasteiger partial charge in [0.05, 0.1) is 14.2 Å². The van der Waals surface area contributed by atoms with Crippen molar-refractivity contribution in [3.63, 3.8) is 0 Å². The van der Waals surface area contributed by atoms with Gasteiger partial charge in [0, 0.05) is 18.7 Å². The number of aromatic hydroxyl groups is 1. The molecule has 0 radical (unpaired) electrons. The van der Waals surface area contributed by atoms with Crippen molar-refractivity contribution in [2.45, 2.75) is 24.9 Å². The van der Waals surface area contributed by atoms with E-state index in [1.165, 1.54) is 14.2 Å². The SMILES string of the molecule is COc1cc(/C=C/CN[C@@H](CCC(=O)N[C@@H](CS)C(=O)NCC(=O)O)C(=O)O)cc(OC)c1O. The number of carboxylic acids is 2. The van der Waals surface area contributed by atoms with Crippen molar-refractivity contribution in [1.82, 2.24) is 16.0 Å². The van der Waals surface area contributed by atoms with Crippen LogP contribution in [0.3, 0.4) is 0 Å². The molecule has 0 aliphatic rings. The number of phenols is 1. The minimum Gasteiger partial charge on any atom is -0.502 e. The summed E-state index contributed by atoms with van der Waals surface area (Å²) >= 11 is 3.97. The molecule has 1 rings (SSSR count). The second-order valence-electron chi connectivity index (χ2n) is 6.93. The Hall–Kier alpha value is -3.45. The molecule has 0 aromatic heterocycles. The zero-order valence-corrected chi connectivity index (χ0v) is 19.6. The largest absolute Gasteiger partial charge is 0.502 e. The number of ether oxygens (including phenoxy) is 2. The quantitative estimate of drug-likeness (QED) is 0.160. The fourth-order valence-corrected chi connectivity index (χ4v) is 3.01. The van der Waals surface area contributed by atoms with E-state index in [4.69, 9.17) is 14.6 Å². The highest BCUT2D eigenvalue weighted by molar-refractivity contribution is 7.80. The van der Waals surface area contributed by atoms with Crippen LogP contribution in [-0.4, -0.2) is 84.2 Å². The van der Waals surface area contributed by atoms with Gasteiger partial charge in [0.1, 0.15) is 18.6 Å². The maximum atomic E-state index is 12.1. The van der Waals surface area contributed by atoms with E-state index in [2.05, 4.69) is 28.6 Å². The summed E-state index contributed by atoms with van der Waals surface area (Å²) in [4.78, 5) is 46.0. The van der Waals surface area contributed by atoms with Crippen LogP contribution in [0.1, 0.15) is 18.4 Å².